The van der Waals surface area contributed by atoms with Crippen molar-refractivity contribution in [2.24, 2.45) is 0 Å². The Morgan fingerprint density at radius 1 is 1.25 bits per heavy atom. The Labute approximate surface area is 120 Å². The Hall–Kier alpha value is -1.61. The lowest BCUT2D eigenvalue weighted by Crippen LogP contribution is -2.45. The monoisotopic (exact) mass is 274 g/mol. The summed E-state index contributed by atoms with van der Waals surface area (Å²) < 4.78 is 11.2. The molecule has 1 aliphatic rings. The summed E-state index contributed by atoms with van der Waals surface area (Å²) >= 11 is 0. The van der Waals surface area contributed by atoms with Gasteiger partial charge in [0.2, 0.25) is 0 Å². The Kier molecular flexibility index (Phi) is 4.96. The maximum Gasteiger partial charge on any atom is 0.338 e. The van der Waals surface area contributed by atoms with Crippen LogP contribution < -0.4 is 0 Å². The van der Waals surface area contributed by atoms with Crippen molar-refractivity contribution in [3.63, 3.8) is 0 Å². The van der Waals surface area contributed by atoms with E-state index in [1.807, 2.05) is 37.3 Å². The number of benzene rings is 1. The number of ether oxygens (including phenoxy) is 2. The van der Waals surface area contributed by atoms with Gasteiger partial charge in [-0.1, -0.05) is 42.5 Å². The summed E-state index contributed by atoms with van der Waals surface area (Å²) in [5, 5.41) is 0. The summed E-state index contributed by atoms with van der Waals surface area (Å²) in [6.45, 7) is 6.72. The van der Waals surface area contributed by atoms with E-state index in [0.29, 0.717) is 26.1 Å². The maximum absolute atomic E-state index is 12.4. The van der Waals surface area contributed by atoms with Gasteiger partial charge in [0.25, 0.3) is 0 Å². The molecule has 1 fully saturated rings. The van der Waals surface area contributed by atoms with E-state index in [1.54, 1.807) is 0 Å². The van der Waals surface area contributed by atoms with Crippen LogP contribution in [0, 0.1) is 0 Å². The van der Waals surface area contributed by atoms with Crippen molar-refractivity contribution >= 4 is 5.97 Å². The van der Waals surface area contributed by atoms with Crippen LogP contribution in [-0.2, 0) is 20.9 Å². The lowest BCUT2D eigenvalue weighted by molar-refractivity contribution is -0.177. The predicted octanol–water partition coefficient (Wildman–Crippen LogP) is 3.64. The van der Waals surface area contributed by atoms with Gasteiger partial charge in [0.15, 0.2) is 5.60 Å². The van der Waals surface area contributed by atoms with Crippen LogP contribution in [0.25, 0.3) is 0 Å². The average molecular weight is 274 g/mol. The first-order chi connectivity index (χ1) is 9.66. The number of carbonyl (C=O) groups is 1. The summed E-state index contributed by atoms with van der Waals surface area (Å²) in [7, 11) is 0. The van der Waals surface area contributed by atoms with Crippen molar-refractivity contribution < 1.29 is 14.3 Å². The largest absolute Gasteiger partial charge is 0.459 e. The molecule has 2 rings (SSSR count). The van der Waals surface area contributed by atoms with Gasteiger partial charge >= 0.3 is 5.97 Å². The van der Waals surface area contributed by atoms with Crippen molar-refractivity contribution in [3.05, 3.63) is 48.0 Å². The van der Waals surface area contributed by atoms with Gasteiger partial charge in [-0.2, -0.15) is 0 Å². The third-order valence-electron chi connectivity index (χ3n) is 3.77. The van der Waals surface area contributed by atoms with E-state index < -0.39 is 5.60 Å². The summed E-state index contributed by atoms with van der Waals surface area (Å²) in [5.74, 6) is -0.240. The molecule has 1 aliphatic carbocycles. The van der Waals surface area contributed by atoms with Crippen LogP contribution >= 0.6 is 0 Å². The predicted molar refractivity (Wildman–Crippen MR) is 78.2 cm³/mol. The number of hydrogen-bond acceptors (Lipinski definition) is 3. The third kappa shape index (κ3) is 3.48. The second kappa shape index (κ2) is 6.71. The highest BCUT2D eigenvalue weighted by Crippen LogP contribution is 2.35. The Bertz CT molecular complexity index is 454. The van der Waals surface area contributed by atoms with Crippen molar-refractivity contribution in [3.8, 4) is 0 Å². The molecule has 0 amide bonds. The number of rotatable bonds is 5. The first kappa shape index (κ1) is 14.8. The molecule has 0 atom stereocenters. The molecule has 1 saturated carbocycles. The average Bonchev–Trinajstić information content (AvgIpc) is 2.48. The van der Waals surface area contributed by atoms with Crippen LogP contribution in [0.3, 0.4) is 0 Å². The molecular formula is C17H22O3. The topological polar surface area (TPSA) is 35.5 Å². The lowest BCUT2D eigenvalue weighted by atomic mass is 9.82. The van der Waals surface area contributed by atoms with Crippen LogP contribution in [0.2, 0.25) is 0 Å². The fourth-order valence-corrected chi connectivity index (χ4v) is 2.55. The minimum Gasteiger partial charge on any atom is -0.459 e. The van der Waals surface area contributed by atoms with Crippen LogP contribution in [-0.4, -0.2) is 18.2 Å². The fourth-order valence-electron chi connectivity index (χ4n) is 2.55. The second-order valence-electron chi connectivity index (χ2n) is 5.24. The molecule has 20 heavy (non-hydrogen) atoms. The van der Waals surface area contributed by atoms with Gasteiger partial charge in [-0.3, -0.25) is 0 Å². The minimum atomic E-state index is -0.773. The van der Waals surface area contributed by atoms with Gasteiger partial charge in [0.05, 0.1) is 0 Å². The first-order valence-corrected chi connectivity index (χ1v) is 7.18. The second-order valence-corrected chi connectivity index (χ2v) is 5.24. The van der Waals surface area contributed by atoms with Gasteiger partial charge < -0.3 is 9.47 Å². The van der Waals surface area contributed by atoms with Gasteiger partial charge in [0, 0.05) is 6.61 Å². The number of allylic oxidation sites excluding steroid dienone is 1. The van der Waals surface area contributed by atoms with E-state index in [1.165, 1.54) is 5.57 Å². The molecule has 3 nitrogen and oxygen atoms in total. The van der Waals surface area contributed by atoms with Gasteiger partial charge in [-0.05, 0) is 38.2 Å². The molecule has 0 aliphatic heterocycles. The fraction of sp³-hybridized carbons (Fsp3) is 0.471. The van der Waals surface area contributed by atoms with Crippen molar-refractivity contribution in [2.75, 3.05) is 6.61 Å². The van der Waals surface area contributed by atoms with Crippen LogP contribution in [0.1, 0.15) is 38.2 Å². The minimum absolute atomic E-state index is 0.240. The lowest BCUT2D eigenvalue weighted by Gasteiger charge is -2.35. The molecule has 0 radical (unpaired) electrons. The van der Waals surface area contributed by atoms with E-state index in [9.17, 15) is 4.79 Å². The molecule has 0 unspecified atom stereocenters. The molecule has 0 saturated heterocycles. The van der Waals surface area contributed by atoms with Gasteiger partial charge in [-0.25, -0.2) is 4.79 Å². The summed E-state index contributed by atoms with van der Waals surface area (Å²) in [4.78, 5) is 12.4. The molecule has 108 valence electrons. The van der Waals surface area contributed by atoms with E-state index in [2.05, 4.69) is 6.58 Å². The highest BCUT2D eigenvalue weighted by Gasteiger charge is 2.42. The zero-order valence-corrected chi connectivity index (χ0v) is 12.1. The van der Waals surface area contributed by atoms with Gasteiger partial charge in [-0.15, -0.1) is 0 Å². The molecule has 0 aromatic heterocycles. The zero-order valence-electron chi connectivity index (χ0n) is 12.1. The van der Waals surface area contributed by atoms with Crippen LogP contribution in [0.5, 0.6) is 0 Å². The smallest absolute Gasteiger partial charge is 0.338 e. The molecule has 3 heteroatoms. The third-order valence-corrected chi connectivity index (χ3v) is 3.77. The first-order valence-electron chi connectivity index (χ1n) is 7.18. The van der Waals surface area contributed by atoms with Crippen molar-refractivity contribution in [1.82, 2.24) is 0 Å². The van der Waals surface area contributed by atoms with E-state index >= 15 is 0 Å². The quantitative estimate of drug-likeness (QED) is 0.607. The molecule has 0 spiro atoms. The van der Waals surface area contributed by atoms with E-state index in [4.69, 9.17) is 9.47 Å². The molecular weight excluding hydrogens is 252 g/mol. The molecule has 1 aromatic rings. The van der Waals surface area contributed by atoms with Gasteiger partial charge in [0.1, 0.15) is 6.61 Å². The highest BCUT2D eigenvalue weighted by molar-refractivity contribution is 5.80. The normalized spacial score (nSPS) is 17.8. The molecule has 0 bridgehead atoms. The van der Waals surface area contributed by atoms with Crippen molar-refractivity contribution in [2.45, 2.75) is 44.8 Å². The van der Waals surface area contributed by atoms with Crippen LogP contribution in [0.4, 0.5) is 0 Å². The summed E-state index contributed by atoms with van der Waals surface area (Å²) in [5.41, 5.74) is 1.41. The Balaban J connectivity index is 1.98. The van der Waals surface area contributed by atoms with E-state index in [0.717, 1.165) is 18.4 Å². The number of esters is 1. The number of carbonyl (C=O) groups excluding carboxylic acids is 1. The Morgan fingerprint density at radius 2 is 1.90 bits per heavy atom. The standard InChI is InChI=1S/C17H22O3/c1-3-20-17(11-9-14(2)10-12-17)16(18)19-13-15-7-5-4-6-8-15/h4-8H,2-3,9-13H2,1H3. The Morgan fingerprint density at radius 3 is 2.50 bits per heavy atom. The molecule has 1 aromatic carbocycles. The SMILES string of the molecule is C=C1CCC(OCC)(C(=O)OCc2ccccc2)CC1. The molecule has 0 N–H and O–H groups in total. The van der Waals surface area contributed by atoms with E-state index in [-0.39, 0.29) is 5.97 Å². The molecule has 0 heterocycles. The summed E-state index contributed by atoms with van der Waals surface area (Å²) in [6, 6.07) is 9.71. The number of hydrogen-bond donors (Lipinski definition) is 0. The zero-order chi connectivity index (χ0) is 14.4. The maximum atomic E-state index is 12.4. The summed E-state index contributed by atoms with van der Waals surface area (Å²) in [6.07, 6.45) is 3.02. The van der Waals surface area contributed by atoms with Crippen LogP contribution in [0.15, 0.2) is 42.5 Å². The van der Waals surface area contributed by atoms with Crippen molar-refractivity contribution in [1.29, 1.82) is 0 Å². The highest BCUT2D eigenvalue weighted by atomic mass is 16.6.